The third-order valence-corrected chi connectivity index (χ3v) is 3.22. The van der Waals surface area contributed by atoms with Crippen molar-refractivity contribution in [1.82, 2.24) is 0 Å². The Morgan fingerprint density at radius 1 is 1.35 bits per heavy atom. The molecule has 0 aliphatic rings. The molecule has 0 saturated heterocycles. The number of unbranched alkanes of at least 4 members (excludes halogenated alkanes) is 2. The smallest absolute Gasteiger partial charge is 0.130 e. The lowest BCUT2D eigenvalue weighted by molar-refractivity contribution is 0.534. The van der Waals surface area contributed by atoms with Crippen molar-refractivity contribution in [2.45, 2.75) is 45.6 Å². The molecule has 1 nitrogen and oxygen atoms in total. The fraction of sp³-hybridized carbons (Fsp3) is 0.538. The summed E-state index contributed by atoms with van der Waals surface area (Å²) in [5, 5.41) is 0. The molecule has 17 heavy (non-hydrogen) atoms. The zero-order valence-corrected chi connectivity index (χ0v) is 12.7. The van der Waals surface area contributed by atoms with Crippen molar-refractivity contribution in [1.29, 1.82) is 0 Å². The zero-order valence-electron chi connectivity index (χ0n) is 10.3. The molecule has 1 atom stereocenters. The molecule has 0 aliphatic carbocycles. The van der Waals surface area contributed by atoms with E-state index in [1.807, 2.05) is 0 Å². The summed E-state index contributed by atoms with van der Waals surface area (Å²) in [6.45, 7) is 3.91. The van der Waals surface area contributed by atoms with E-state index in [1.54, 1.807) is 19.1 Å². The van der Waals surface area contributed by atoms with E-state index < -0.39 is 0 Å². The molecule has 2 N–H and O–H groups in total. The summed E-state index contributed by atoms with van der Waals surface area (Å²) in [5.41, 5.74) is 7.29. The van der Waals surface area contributed by atoms with Crippen molar-refractivity contribution >= 4 is 28.3 Å². The minimum absolute atomic E-state index is 0. The first-order valence-electron chi connectivity index (χ1n) is 5.77. The highest BCUT2D eigenvalue weighted by Gasteiger charge is 2.13. The number of nitrogens with two attached hydrogens (primary N) is 1. The average Bonchev–Trinajstić information content (AvgIpc) is 2.23. The Bertz CT molecular complexity index is 358. The monoisotopic (exact) mass is 323 g/mol. The molecule has 0 heterocycles. The first-order chi connectivity index (χ1) is 7.56. The molecule has 4 heteroatoms. The maximum absolute atomic E-state index is 13.8. The van der Waals surface area contributed by atoms with Crippen LogP contribution in [0.2, 0.25) is 0 Å². The highest BCUT2D eigenvalue weighted by molar-refractivity contribution is 9.10. The molecule has 0 spiro atoms. The van der Waals surface area contributed by atoms with Crippen molar-refractivity contribution < 1.29 is 4.39 Å². The molecule has 0 aromatic heterocycles. The fourth-order valence-electron chi connectivity index (χ4n) is 1.79. The third kappa shape index (κ3) is 4.94. The van der Waals surface area contributed by atoms with Gasteiger partial charge < -0.3 is 5.73 Å². The third-order valence-electron chi connectivity index (χ3n) is 2.77. The van der Waals surface area contributed by atoms with E-state index >= 15 is 0 Å². The predicted octanol–water partition coefficient (Wildman–Crippen LogP) is 4.90. The van der Waals surface area contributed by atoms with Gasteiger partial charge in [0.1, 0.15) is 5.82 Å². The standard InChI is InChI=1S/C13H19BrFN.ClH/c1-3-4-5-6-12(16)11-8-10(14)7-9(2)13(11)15;/h7-8,12H,3-6,16H2,1-2H3;1H/t12-;/m1./s1. The number of rotatable bonds is 5. The van der Waals surface area contributed by atoms with Gasteiger partial charge in [-0.1, -0.05) is 42.1 Å². The lowest BCUT2D eigenvalue weighted by Gasteiger charge is -2.14. The maximum Gasteiger partial charge on any atom is 0.130 e. The molecule has 1 aromatic rings. The normalized spacial score (nSPS) is 12.1. The molecule has 0 radical (unpaired) electrons. The SMILES string of the molecule is CCCCC[C@@H](N)c1cc(Br)cc(C)c1F.Cl. The second kappa shape index (κ2) is 8.06. The van der Waals surface area contributed by atoms with Crippen LogP contribution in [0.3, 0.4) is 0 Å². The number of hydrogen-bond donors (Lipinski definition) is 1. The largest absolute Gasteiger partial charge is 0.324 e. The summed E-state index contributed by atoms with van der Waals surface area (Å²) in [5.74, 6) is -0.160. The maximum atomic E-state index is 13.8. The van der Waals surface area contributed by atoms with Crippen LogP contribution in [-0.4, -0.2) is 0 Å². The van der Waals surface area contributed by atoms with E-state index in [0.717, 1.165) is 30.2 Å². The molecular weight excluding hydrogens is 305 g/mol. The van der Waals surface area contributed by atoms with Gasteiger partial charge in [0, 0.05) is 16.1 Å². The molecule has 1 rings (SSSR count). The van der Waals surface area contributed by atoms with Crippen molar-refractivity contribution in [3.05, 3.63) is 33.5 Å². The second-order valence-corrected chi connectivity index (χ2v) is 5.14. The summed E-state index contributed by atoms with van der Waals surface area (Å²) in [4.78, 5) is 0. The fourth-order valence-corrected chi connectivity index (χ4v) is 2.38. The van der Waals surface area contributed by atoms with Gasteiger partial charge in [-0.2, -0.15) is 0 Å². The van der Waals surface area contributed by atoms with Crippen molar-refractivity contribution in [3.63, 3.8) is 0 Å². The lowest BCUT2D eigenvalue weighted by atomic mass is 9.99. The molecule has 98 valence electrons. The van der Waals surface area contributed by atoms with Crippen LogP contribution in [0.25, 0.3) is 0 Å². The van der Waals surface area contributed by atoms with Crippen LogP contribution in [0.4, 0.5) is 4.39 Å². The van der Waals surface area contributed by atoms with Crippen molar-refractivity contribution in [2.24, 2.45) is 5.73 Å². The Labute approximate surface area is 118 Å². The van der Waals surface area contributed by atoms with Gasteiger partial charge in [0.25, 0.3) is 0 Å². The molecule has 0 aliphatic heterocycles. The Hall–Kier alpha value is -0.120. The molecule has 0 amide bonds. The highest BCUT2D eigenvalue weighted by atomic mass is 79.9. The van der Waals surface area contributed by atoms with Gasteiger partial charge in [-0.25, -0.2) is 4.39 Å². The van der Waals surface area contributed by atoms with E-state index in [0.29, 0.717) is 11.1 Å². The van der Waals surface area contributed by atoms with Gasteiger partial charge in [-0.15, -0.1) is 12.4 Å². The molecule has 0 saturated carbocycles. The molecular formula is C13H20BrClFN. The molecule has 0 bridgehead atoms. The quantitative estimate of drug-likeness (QED) is 0.766. The Balaban J connectivity index is 0.00000256. The van der Waals surface area contributed by atoms with E-state index in [2.05, 4.69) is 22.9 Å². The van der Waals surface area contributed by atoms with Crippen LogP contribution in [0.1, 0.15) is 49.8 Å². The Morgan fingerprint density at radius 2 is 2.00 bits per heavy atom. The lowest BCUT2D eigenvalue weighted by Crippen LogP contribution is -2.12. The van der Waals surface area contributed by atoms with Crippen LogP contribution in [-0.2, 0) is 0 Å². The predicted molar refractivity (Wildman–Crippen MR) is 77.2 cm³/mol. The van der Waals surface area contributed by atoms with Gasteiger partial charge >= 0.3 is 0 Å². The molecule has 0 unspecified atom stereocenters. The average molecular weight is 325 g/mol. The minimum Gasteiger partial charge on any atom is -0.324 e. The van der Waals surface area contributed by atoms with E-state index in [4.69, 9.17) is 5.73 Å². The van der Waals surface area contributed by atoms with Crippen LogP contribution in [0.15, 0.2) is 16.6 Å². The van der Waals surface area contributed by atoms with Crippen LogP contribution in [0, 0.1) is 12.7 Å². The minimum atomic E-state index is -0.192. The second-order valence-electron chi connectivity index (χ2n) is 4.23. The summed E-state index contributed by atoms with van der Waals surface area (Å²) in [7, 11) is 0. The van der Waals surface area contributed by atoms with Gasteiger partial charge in [-0.05, 0) is 31.0 Å². The van der Waals surface area contributed by atoms with E-state index in [1.165, 1.54) is 0 Å². The summed E-state index contributed by atoms with van der Waals surface area (Å²) in [6, 6.07) is 3.37. The molecule has 0 fully saturated rings. The highest BCUT2D eigenvalue weighted by Crippen LogP contribution is 2.26. The van der Waals surface area contributed by atoms with Crippen LogP contribution >= 0.6 is 28.3 Å². The first-order valence-corrected chi connectivity index (χ1v) is 6.56. The van der Waals surface area contributed by atoms with E-state index in [9.17, 15) is 4.39 Å². The summed E-state index contributed by atoms with van der Waals surface area (Å²) in [6.07, 6.45) is 4.22. The number of halogens is 3. The summed E-state index contributed by atoms with van der Waals surface area (Å²) >= 11 is 3.38. The molecule has 1 aromatic carbocycles. The number of benzene rings is 1. The number of hydrogen-bond acceptors (Lipinski definition) is 1. The van der Waals surface area contributed by atoms with E-state index in [-0.39, 0.29) is 24.3 Å². The van der Waals surface area contributed by atoms with Gasteiger partial charge in [0.15, 0.2) is 0 Å². The Morgan fingerprint density at radius 3 is 2.59 bits per heavy atom. The van der Waals surface area contributed by atoms with Crippen LogP contribution in [0.5, 0.6) is 0 Å². The number of aryl methyl sites for hydroxylation is 1. The zero-order chi connectivity index (χ0) is 12.1. The van der Waals surface area contributed by atoms with Crippen molar-refractivity contribution in [2.75, 3.05) is 0 Å². The first kappa shape index (κ1) is 16.9. The topological polar surface area (TPSA) is 26.0 Å². The van der Waals surface area contributed by atoms with Gasteiger partial charge in [0.2, 0.25) is 0 Å². The van der Waals surface area contributed by atoms with Crippen molar-refractivity contribution in [3.8, 4) is 0 Å². The van der Waals surface area contributed by atoms with Gasteiger partial charge in [0.05, 0.1) is 0 Å². The van der Waals surface area contributed by atoms with Gasteiger partial charge in [-0.3, -0.25) is 0 Å². The Kier molecular flexibility index (Phi) is 8.01. The van der Waals surface area contributed by atoms with Crippen LogP contribution < -0.4 is 5.73 Å². The summed E-state index contributed by atoms with van der Waals surface area (Å²) < 4.78 is 14.7.